The van der Waals surface area contributed by atoms with Crippen LogP contribution in [0.4, 0.5) is 0 Å². The molecule has 0 unspecified atom stereocenters. The molecule has 0 aliphatic carbocycles. The maximum atomic E-state index is 11.5. The van der Waals surface area contributed by atoms with Crippen molar-refractivity contribution < 1.29 is 19.1 Å². The van der Waals surface area contributed by atoms with Gasteiger partial charge in [-0.25, -0.2) is 4.79 Å². The predicted molar refractivity (Wildman–Crippen MR) is 56.2 cm³/mol. The molecule has 0 spiro atoms. The van der Waals surface area contributed by atoms with E-state index in [2.05, 4.69) is 6.58 Å². The summed E-state index contributed by atoms with van der Waals surface area (Å²) in [7, 11) is 0. The average Bonchev–Trinajstić information content (AvgIpc) is 2.17. The minimum absolute atomic E-state index is 0.114. The quantitative estimate of drug-likeness (QED) is 0.516. The standard InChI is InChI=1S/C11H18O4/c1-6-14-9(12)8(3)11(4,5)10(13)15-7-2/h3,6-7H2,1-2,4-5H3. The lowest BCUT2D eigenvalue weighted by Gasteiger charge is -2.23. The summed E-state index contributed by atoms with van der Waals surface area (Å²) in [6.45, 7) is 10.7. The molecule has 0 aromatic carbocycles. The van der Waals surface area contributed by atoms with Gasteiger partial charge >= 0.3 is 11.9 Å². The number of carbonyl (C=O) groups excluding carboxylic acids is 2. The van der Waals surface area contributed by atoms with Gasteiger partial charge in [0.1, 0.15) is 0 Å². The second-order valence-corrected chi connectivity index (χ2v) is 3.54. The van der Waals surface area contributed by atoms with Crippen LogP contribution in [0.1, 0.15) is 27.7 Å². The van der Waals surface area contributed by atoms with Crippen molar-refractivity contribution in [2.24, 2.45) is 5.41 Å². The van der Waals surface area contributed by atoms with Gasteiger partial charge in [0.25, 0.3) is 0 Å². The molecule has 4 heteroatoms. The Labute approximate surface area is 90.2 Å². The first-order valence-corrected chi connectivity index (χ1v) is 4.91. The molecular formula is C11H18O4. The Bertz CT molecular complexity index is 266. The van der Waals surface area contributed by atoms with E-state index in [1.54, 1.807) is 27.7 Å². The number of esters is 2. The lowest BCUT2D eigenvalue weighted by atomic mass is 9.85. The number of hydrogen-bond donors (Lipinski definition) is 0. The molecule has 0 saturated heterocycles. The Morgan fingerprint density at radius 2 is 1.60 bits per heavy atom. The number of ether oxygens (including phenoxy) is 2. The topological polar surface area (TPSA) is 52.6 Å². The van der Waals surface area contributed by atoms with Crippen molar-refractivity contribution in [1.29, 1.82) is 0 Å². The molecule has 4 nitrogen and oxygen atoms in total. The molecule has 0 amide bonds. The molecule has 0 bridgehead atoms. The molecule has 0 atom stereocenters. The number of carbonyl (C=O) groups is 2. The highest BCUT2D eigenvalue weighted by Gasteiger charge is 2.36. The number of hydrogen-bond acceptors (Lipinski definition) is 4. The molecular weight excluding hydrogens is 196 g/mol. The Morgan fingerprint density at radius 3 is 2.00 bits per heavy atom. The third-order valence-corrected chi connectivity index (χ3v) is 2.06. The third-order valence-electron chi connectivity index (χ3n) is 2.06. The van der Waals surface area contributed by atoms with Gasteiger partial charge in [-0.3, -0.25) is 4.79 Å². The highest BCUT2D eigenvalue weighted by molar-refractivity contribution is 5.97. The Balaban J connectivity index is 4.64. The summed E-state index contributed by atoms with van der Waals surface area (Å²) < 4.78 is 9.62. The van der Waals surface area contributed by atoms with Gasteiger partial charge in [0.05, 0.1) is 18.6 Å². The van der Waals surface area contributed by atoms with Crippen molar-refractivity contribution in [3.63, 3.8) is 0 Å². The lowest BCUT2D eigenvalue weighted by Crippen LogP contribution is -2.32. The molecule has 0 N–H and O–H groups in total. The summed E-state index contributed by atoms with van der Waals surface area (Å²) in [6.07, 6.45) is 0. The molecule has 0 rings (SSSR count). The summed E-state index contributed by atoms with van der Waals surface area (Å²) >= 11 is 0. The van der Waals surface area contributed by atoms with Gasteiger partial charge in [-0.2, -0.15) is 0 Å². The van der Waals surface area contributed by atoms with Crippen LogP contribution in [0.3, 0.4) is 0 Å². The normalized spacial score (nSPS) is 10.7. The van der Waals surface area contributed by atoms with E-state index >= 15 is 0 Å². The molecule has 0 aromatic rings. The predicted octanol–water partition coefficient (Wildman–Crippen LogP) is 1.70. The van der Waals surface area contributed by atoms with Crippen LogP contribution < -0.4 is 0 Å². The fourth-order valence-corrected chi connectivity index (χ4v) is 0.908. The van der Waals surface area contributed by atoms with Crippen LogP contribution in [0.25, 0.3) is 0 Å². The zero-order chi connectivity index (χ0) is 12.1. The maximum absolute atomic E-state index is 11.5. The van der Waals surface area contributed by atoms with E-state index in [4.69, 9.17) is 9.47 Å². The van der Waals surface area contributed by atoms with E-state index in [1.165, 1.54) is 0 Å². The van der Waals surface area contributed by atoms with Gasteiger partial charge in [-0.05, 0) is 27.7 Å². The highest BCUT2D eigenvalue weighted by Crippen LogP contribution is 2.27. The summed E-state index contributed by atoms with van der Waals surface area (Å²) in [5.74, 6) is -1.03. The molecule has 0 saturated carbocycles. The van der Waals surface area contributed by atoms with E-state index in [-0.39, 0.29) is 18.8 Å². The van der Waals surface area contributed by atoms with Crippen LogP contribution in [0, 0.1) is 5.41 Å². The van der Waals surface area contributed by atoms with Crippen LogP contribution >= 0.6 is 0 Å². The number of rotatable bonds is 5. The summed E-state index contributed by atoms with van der Waals surface area (Å²) in [4.78, 5) is 22.9. The van der Waals surface area contributed by atoms with Crippen molar-refractivity contribution in [3.05, 3.63) is 12.2 Å². The highest BCUT2D eigenvalue weighted by atomic mass is 16.5. The van der Waals surface area contributed by atoms with Gasteiger partial charge in [-0.15, -0.1) is 0 Å². The zero-order valence-electron chi connectivity index (χ0n) is 9.75. The van der Waals surface area contributed by atoms with Crippen LogP contribution in [0.2, 0.25) is 0 Å². The first kappa shape index (κ1) is 13.7. The summed E-state index contributed by atoms with van der Waals surface area (Å²) in [5.41, 5.74) is -0.926. The fourth-order valence-electron chi connectivity index (χ4n) is 0.908. The molecule has 15 heavy (non-hydrogen) atoms. The first-order chi connectivity index (χ1) is 6.87. The average molecular weight is 214 g/mol. The van der Waals surface area contributed by atoms with Gasteiger partial charge < -0.3 is 9.47 Å². The molecule has 0 aromatic heterocycles. The third kappa shape index (κ3) is 3.38. The molecule has 86 valence electrons. The monoisotopic (exact) mass is 214 g/mol. The van der Waals surface area contributed by atoms with Crippen LogP contribution in [-0.2, 0) is 19.1 Å². The van der Waals surface area contributed by atoms with Crippen molar-refractivity contribution in [2.75, 3.05) is 13.2 Å². The molecule has 0 fully saturated rings. The van der Waals surface area contributed by atoms with E-state index < -0.39 is 17.4 Å². The second-order valence-electron chi connectivity index (χ2n) is 3.54. The van der Waals surface area contributed by atoms with E-state index in [9.17, 15) is 9.59 Å². The minimum Gasteiger partial charge on any atom is -0.465 e. The zero-order valence-corrected chi connectivity index (χ0v) is 9.75. The molecule has 0 radical (unpaired) electrons. The van der Waals surface area contributed by atoms with Crippen molar-refractivity contribution >= 4 is 11.9 Å². The maximum Gasteiger partial charge on any atom is 0.334 e. The summed E-state index contributed by atoms with van der Waals surface area (Å²) in [6, 6.07) is 0. The lowest BCUT2D eigenvalue weighted by molar-refractivity contribution is -0.154. The smallest absolute Gasteiger partial charge is 0.334 e. The Hall–Kier alpha value is -1.32. The van der Waals surface area contributed by atoms with Crippen molar-refractivity contribution in [1.82, 2.24) is 0 Å². The van der Waals surface area contributed by atoms with Gasteiger partial charge in [0.2, 0.25) is 0 Å². The van der Waals surface area contributed by atoms with Crippen LogP contribution in [0.5, 0.6) is 0 Å². The van der Waals surface area contributed by atoms with Gasteiger partial charge in [0, 0.05) is 5.57 Å². The van der Waals surface area contributed by atoms with Crippen molar-refractivity contribution in [3.8, 4) is 0 Å². The van der Waals surface area contributed by atoms with Gasteiger partial charge in [0.15, 0.2) is 0 Å². The second kappa shape index (κ2) is 5.53. The van der Waals surface area contributed by atoms with E-state index in [1.807, 2.05) is 0 Å². The molecule has 0 aliphatic rings. The van der Waals surface area contributed by atoms with E-state index in [0.717, 1.165) is 0 Å². The van der Waals surface area contributed by atoms with E-state index in [0.29, 0.717) is 0 Å². The SMILES string of the molecule is C=C(C(=O)OCC)C(C)(C)C(=O)OCC. The van der Waals surface area contributed by atoms with Crippen LogP contribution in [0.15, 0.2) is 12.2 Å². The summed E-state index contributed by atoms with van der Waals surface area (Å²) in [5, 5.41) is 0. The Morgan fingerprint density at radius 1 is 1.13 bits per heavy atom. The minimum atomic E-state index is -1.04. The first-order valence-electron chi connectivity index (χ1n) is 4.91. The van der Waals surface area contributed by atoms with Crippen molar-refractivity contribution in [2.45, 2.75) is 27.7 Å². The van der Waals surface area contributed by atoms with Gasteiger partial charge in [-0.1, -0.05) is 6.58 Å². The molecule has 0 aliphatic heterocycles. The molecule has 0 heterocycles. The Kier molecular flexibility index (Phi) is 5.05. The fraction of sp³-hybridized carbons (Fsp3) is 0.636. The van der Waals surface area contributed by atoms with Crippen LogP contribution in [-0.4, -0.2) is 25.2 Å². The largest absolute Gasteiger partial charge is 0.465 e.